The molecule has 0 spiro atoms. The highest BCUT2D eigenvalue weighted by Gasteiger charge is 2.22. The van der Waals surface area contributed by atoms with Crippen LogP contribution in [0.5, 0.6) is 0 Å². The predicted molar refractivity (Wildman–Crippen MR) is 170 cm³/mol. The molecule has 0 saturated carbocycles. The highest BCUT2D eigenvalue weighted by atomic mass is 16.1. The van der Waals surface area contributed by atoms with Crippen LogP contribution in [0.3, 0.4) is 0 Å². The van der Waals surface area contributed by atoms with Gasteiger partial charge >= 0.3 is 0 Å². The molecule has 4 aromatic rings. The molecule has 216 valence electrons. The van der Waals surface area contributed by atoms with E-state index in [0.29, 0.717) is 29.6 Å². The zero-order valence-electron chi connectivity index (χ0n) is 24.6. The predicted octanol–water partition coefficient (Wildman–Crippen LogP) is 7.27. The number of aromatic nitrogens is 1. The fourth-order valence-corrected chi connectivity index (χ4v) is 6.90. The van der Waals surface area contributed by atoms with Crippen molar-refractivity contribution >= 4 is 16.7 Å². The molecule has 2 saturated heterocycles. The molecular weight excluding hydrogens is 516 g/mol. The number of nitrogens with zero attached hydrogens (tertiary/aromatic N) is 4. The largest absolute Gasteiger partial charge is 0.346 e. The number of carbonyl (C=O) groups excluding carboxylic acids is 1. The minimum Gasteiger partial charge on any atom is -0.346 e. The van der Waals surface area contributed by atoms with Crippen LogP contribution < -0.4 is 0 Å². The van der Waals surface area contributed by atoms with Crippen molar-refractivity contribution in [3.05, 3.63) is 107 Å². The summed E-state index contributed by atoms with van der Waals surface area (Å²) in [6.07, 6.45) is 8.53. The molecule has 42 heavy (non-hydrogen) atoms. The van der Waals surface area contributed by atoms with E-state index in [9.17, 15) is 4.79 Å². The van der Waals surface area contributed by atoms with Crippen molar-refractivity contribution < 1.29 is 4.79 Å². The highest BCUT2D eigenvalue weighted by molar-refractivity contribution is 5.96. The Morgan fingerprint density at radius 3 is 2.29 bits per heavy atom. The van der Waals surface area contributed by atoms with E-state index in [-0.39, 0.29) is 0 Å². The number of benzene rings is 3. The Hall–Kier alpha value is -3.72. The first-order chi connectivity index (χ1) is 20.6. The topological polar surface area (TPSA) is 52.3 Å². The lowest BCUT2D eigenvalue weighted by Crippen LogP contribution is -2.35. The number of hydrogen-bond acceptors (Lipinski definition) is 4. The first-order valence-electron chi connectivity index (χ1n) is 15.8. The summed E-state index contributed by atoms with van der Waals surface area (Å²) in [6, 6.07) is 29.5. The van der Waals surface area contributed by atoms with E-state index >= 15 is 0 Å². The van der Waals surface area contributed by atoms with Gasteiger partial charge in [-0.1, -0.05) is 54.6 Å². The van der Waals surface area contributed by atoms with Crippen molar-refractivity contribution in [3.8, 4) is 6.07 Å². The minimum absolute atomic E-state index is 0.296. The minimum atomic E-state index is 0.296. The monoisotopic (exact) mass is 558 g/mol. The van der Waals surface area contributed by atoms with Crippen LogP contribution in [0, 0.1) is 17.2 Å². The summed E-state index contributed by atoms with van der Waals surface area (Å²) in [5, 5.41) is 10.3. The van der Waals surface area contributed by atoms with E-state index < -0.39 is 0 Å². The summed E-state index contributed by atoms with van der Waals surface area (Å²) < 4.78 is 2.30. The third kappa shape index (κ3) is 7.01. The summed E-state index contributed by atoms with van der Waals surface area (Å²) in [5.41, 5.74) is 5.55. The summed E-state index contributed by atoms with van der Waals surface area (Å²) in [7, 11) is 0. The molecule has 0 atom stereocenters. The van der Waals surface area contributed by atoms with Gasteiger partial charge in [0.1, 0.15) is 0 Å². The molecule has 0 unspecified atom stereocenters. The second kappa shape index (κ2) is 13.5. The zero-order chi connectivity index (χ0) is 28.7. The maximum Gasteiger partial charge on any atom is 0.162 e. The van der Waals surface area contributed by atoms with Gasteiger partial charge in [-0.25, -0.2) is 0 Å². The molecular formula is C37H42N4O. The van der Waals surface area contributed by atoms with Gasteiger partial charge in [0, 0.05) is 48.7 Å². The average Bonchev–Trinajstić information content (AvgIpc) is 3.46. The van der Waals surface area contributed by atoms with Gasteiger partial charge in [-0.3, -0.25) is 9.69 Å². The molecule has 2 aliphatic rings. The maximum absolute atomic E-state index is 13.0. The SMILES string of the molecule is N#Cc1ccc2c(ccn2CCN2CCC(c3ccc(C(=O)CCC4CCN(Cc5ccccc5)CC4)cc3)CC2)c1. The van der Waals surface area contributed by atoms with Crippen molar-refractivity contribution in [2.75, 3.05) is 32.7 Å². The molecule has 5 heteroatoms. The smallest absolute Gasteiger partial charge is 0.162 e. The van der Waals surface area contributed by atoms with Crippen LogP contribution in [0.4, 0.5) is 0 Å². The van der Waals surface area contributed by atoms with Crippen molar-refractivity contribution in [3.63, 3.8) is 0 Å². The van der Waals surface area contributed by atoms with Crippen LogP contribution in [0.15, 0.2) is 85.1 Å². The third-order valence-corrected chi connectivity index (χ3v) is 9.58. The van der Waals surface area contributed by atoms with Gasteiger partial charge in [0.15, 0.2) is 5.78 Å². The quantitative estimate of drug-likeness (QED) is 0.192. The van der Waals surface area contributed by atoms with Crippen LogP contribution in [0.2, 0.25) is 0 Å². The van der Waals surface area contributed by atoms with Gasteiger partial charge in [-0.2, -0.15) is 5.26 Å². The van der Waals surface area contributed by atoms with Crippen LogP contribution >= 0.6 is 0 Å². The van der Waals surface area contributed by atoms with Gasteiger partial charge in [0.05, 0.1) is 11.6 Å². The van der Waals surface area contributed by atoms with Gasteiger partial charge in [0.25, 0.3) is 0 Å². The molecule has 0 aliphatic carbocycles. The van der Waals surface area contributed by atoms with E-state index in [1.165, 1.54) is 29.5 Å². The van der Waals surface area contributed by atoms with Crippen LogP contribution in [0.1, 0.15) is 71.5 Å². The molecule has 2 aliphatic heterocycles. The Kier molecular flexibility index (Phi) is 9.13. The Labute approximate surface area is 250 Å². The molecule has 3 aromatic carbocycles. The van der Waals surface area contributed by atoms with E-state index in [4.69, 9.17) is 5.26 Å². The zero-order valence-corrected chi connectivity index (χ0v) is 24.6. The molecule has 0 N–H and O–H groups in total. The lowest BCUT2D eigenvalue weighted by molar-refractivity contribution is 0.0961. The number of Topliss-reactive ketones (excluding diaryl/α,β-unsaturated/α-hetero) is 1. The van der Waals surface area contributed by atoms with Gasteiger partial charge in [-0.05, 0) is 106 Å². The van der Waals surface area contributed by atoms with Crippen LogP contribution in [-0.2, 0) is 13.1 Å². The fourth-order valence-electron chi connectivity index (χ4n) is 6.90. The molecule has 5 nitrogen and oxygen atoms in total. The summed E-state index contributed by atoms with van der Waals surface area (Å²) in [5.74, 6) is 1.53. The average molecular weight is 559 g/mol. The molecule has 2 fully saturated rings. The van der Waals surface area contributed by atoms with Gasteiger partial charge < -0.3 is 9.47 Å². The Morgan fingerprint density at radius 2 is 1.55 bits per heavy atom. The highest BCUT2D eigenvalue weighted by Crippen LogP contribution is 2.29. The molecule has 0 radical (unpaired) electrons. The Bertz CT molecular complexity index is 1500. The maximum atomic E-state index is 13.0. The number of nitriles is 1. The van der Waals surface area contributed by atoms with Crippen LogP contribution in [-0.4, -0.2) is 52.9 Å². The van der Waals surface area contributed by atoms with Gasteiger partial charge in [0.2, 0.25) is 0 Å². The Morgan fingerprint density at radius 1 is 0.810 bits per heavy atom. The van der Waals surface area contributed by atoms with E-state index in [2.05, 4.69) is 93.4 Å². The van der Waals surface area contributed by atoms with Crippen LogP contribution in [0.25, 0.3) is 10.9 Å². The third-order valence-electron chi connectivity index (χ3n) is 9.58. The number of carbonyl (C=O) groups is 1. The normalized spacial score (nSPS) is 17.4. The lowest BCUT2D eigenvalue weighted by atomic mass is 9.87. The van der Waals surface area contributed by atoms with Crippen molar-refractivity contribution in [2.45, 2.75) is 57.5 Å². The number of hydrogen-bond donors (Lipinski definition) is 0. The van der Waals surface area contributed by atoms with Gasteiger partial charge in [-0.15, -0.1) is 0 Å². The van der Waals surface area contributed by atoms with Crippen molar-refractivity contribution in [1.82, 2.24) is 14.4 Å². The standard InChI is InChI=1S/C37H42N4O/c38-27-31-6-12-36-35(26-31)18-23-41(36)25-24-39-21-16-33(17-22-39)32-8-10-34(11-9-32)37(42)13-7-29-14-19-40(20-15-29)28-30-4-2-1-3-5-30/h1-6,8-12,18,23,26,29,33H,7,13-17,19-22,24-25,28H2. The summed E-state index contributed by atoms with van der Waals surface area (Å²) >= 11 is 0. The van der Waals surface area contributed by atoms with Crippen molar-refractivity contribution in [2.24, 2.45) is 5.92 Å². The first kappa shape index (κ1) is 28.4. The molecule has 0 amide bonds. The number of rotatable bonds is 10. The first-order valence-corrected chi connectivity index (χ1v) is 15.8. The molecule has 3 heterocycles. The second-order valence-electron chi connectivity index (χ2n) is 12.3. The number of likely N-dealkylation sites (tertiary alicyclic amines) is 2. The molecule has 1 aromatic heterocycles. The number of ketones is 1. The molecule has 0 bridgehead atoms. The summed E-state index contributed by atoms with van der Waals surface area (Å²) in [4.78, 5) is 18.1. The summed E-state index contributed by atoms with van der Waals surface area (Å²) in [6.45, 7) is 7.51. The second-order valence-corrected chi connectivity index (χ2v) is 12.3. The molecule has 6 rings (SSSR count). The number of fused-ring (bicyclic) bond motifs is 1. The number of piperidine rings is 2. The van der Waals surface area contributed by atoms with Crippen molar-refractivity contribution in [1.29, 1.82) is 5.26 Å². The Balaban J connectivity index is 0.912. The fraction of sp³-hybridized carbons (Fsp3) is 0.405. The lowest BCUT2D eigenvalue weighted by Gasteiger charge is -2.32. The van der Waals surface area contributed by atoms with E-state index in [1.807, 2.05) is 12.1 Å². The van der Waals surface area contributed by atoms with E-state index in [0.717, 1.165) is 76.0 Å². The van der Waals surface area contributed by atoms with E-state index in [1.54, 1.807) is 0 Å².